The van der Waals surface area contributed by atoms with Gasteiger partial charge in [-0.25, -0.2) is 15.0 Å². The molecule has 61 heavy (non-hydrogen) atoms. The molecule has 3 heterocycles. The van der Waals surface area contributed by atoms with Crippen molar-refractivity contribution in [2.45, 2.75) is 0 Å². The van der Waals surface area contributed by atoms with Crippen LogP contribution in [0, 0.1) is 0 Å². The summed E-state index contributed by atoms with van der Waals surface area (Å²) in [7, 11) is 0. The Morgan fingerprint density at radius 1 is 0.279 bits per heavy atom. The maximum absolute atomic E-state index is 5.37. The Bertz CT molecular complexity index is 3630. The summed E-state index contributed by atoms with van der Waals surface area (Å²) in [5.74, 6) is 0.700. The maximum Gasteiger partial charge on any atom is 0.160 e. The van der Waals surface area contributed by atoms with Crippen LogP contribution in [0.15, 0.2) is 218 Å². The molecule has 0 fully saturated rings. The van der Waals surface area contributed by atoms with Crippen molar-refractivity contribution in [3.05, 3.63) is 218 Å². The second-order valence-electron chi connectivity index (χ2n) is 15.6. The fourth-order valence-corrected chi connectivity index (χ4v) is 9.14. The minimum absolute atomic E-state index is 0.700. The molecule has 4 nitrogen and oxygen atoms in total. The third-order valence-electron chi connectivity index (χ3n) is 12.0. The second-order valence-corrected chi connectivity index (χ2v) is 15.6. The van der Waals surface area contributed by atoms with Crippen LogP contribution >= 0.6 is 0 Å². The van der Waals surface area contributed by atoms with Crippen molar-refractivity contribution >= 4 is 54.4 Å². The summed E-state index contributed by atoms with van der Waals surface area (Å²) in [6.45, 7) is 0. The Kier molecular flexibility index (Phi) is 8.13. The fraction of sp³-hybridized carbons (Fsp3) is 0. The molecule has 0 atom stereocenters. The van der Waals surface area contributed by atoms with Crippen LogP contribution in [-0.2, 0) is 0 Å². The van der Waals surface area contributed by atoms with Gasteiger partial charge < -0.3 is 4.57 Å². The van der Waals surface area contributed by atoms with Crippen LogP contribution in [0.2, 0.25) is 0 Å². The predicted octanol–water partition coefficient (Wildman–Crippen LogP) is 14.8. The average Bonchev–Trinajstić information content (AvgIpc) is 3.68. The van der Waals surface area contributed by atoms with Crippen molar-refractivity contribution in [2.24, 2.45) is 0 Å². The van der Waals surface area contributed by atoms with E-state index in [9.17, 15) is 0 Å². The lowest BCUT2D eigenvalue weighted by Gasteiger charge is -2.14. The Morgan fingerprint density at radius 2 is 0.803 bits per heavy atom. The van der Waals surface area contributed by atoms with Gasteiger partial charge in [0.2, 0.25) is 0 Å². The summed E-state index contributed by atoms with van der Waals surface area (Å²) < 4.78 is 2.39. The summed E-state index contributed by atoms with van der Waals surface area (Å²) in [6, 6.07) is 77.3. The average molecular weight is 777 g/mol. The van der Waals surface area contributed by atoms with Gasteiger partial charge in [-0.05, 0) is 70.8 Å². The SMILES string of the molecule is c1ccc(-c2cccc(-c3nc(-c4ccc(-c5cccc(-c6nc7ccccc7c7c6ccc6c7c7ccccc7n6-c6ccccc6)c5)cc4)nc4ccccc34)c2)cc1. The molecule has 0 radical (unpaired) electrons. The smallest absolute Gasteiger partial charge is 0.160 e. The lowest BCUT2D eigenvalue weighted by atomic mass is 9.94. The van der Waals surface area contributed by atoms with Crippen molar-refractivity contribution in [2.75, 3.05) is 0 Å². The zero-order valence-electron chi connectivity index (χ0n) is 33.1. The first-order valence-electron chi connectivity index (χ1n) is 20.7. The largest absolute Gasteiger partial charge is 0.309 e. The first-order valence-corrected chi connectivity index (χ1v) is 20.7. The van der Waals surface area contributed by atoms with E-state index in [1.165, 1.54) is 32.8 Å². The number of nitrogens with zero attached hydrogens (tertiary/aromatic N) is 4. The topological polar surface area (TPSA) is 43.6 Å². The van der Waals surface area contributed by atoms with Gasteiger partial charge in [0.05, 0.1) is 33.5 Å². The Balaban J connectivity index is 0.962. The van der Waals surface area contributed by atoms with Crippen LogP contribution in [0.1, 0.15) is 0 Å². The Morgan fingerprint density at radius 3 is 1.52 bits per heavy atom. The lowest BCUT2D eigenvalue weighted by Crippen LogP contribution is -1.95. The first-order chi connectivity index (χ1) is 30.2. The van der Waals surface area contributed by atoms with Crippen LogP contribution < -0.4 is 0 Å². The number of aromatic nitrogens is 4. The molecular weight excluding hydrogens is 741 g/mol. The van der Waals surface area contributed by atoms with Gasteiger partial charge in [-0.3, -0.25) is 0 Å². The highest BCUT2D eigenvalue weighted by Gasteiger charge is 2.20. The fourth-order valence-electron chi connectivity index (χ4n) is 9.14. The first kappa shape index (κ1) is 34.8. The van der Waals surface area contributed by atoms with Crippen molar-refractivity contribution < 1.29 is 0 Å². The molecule has 0 saturated carbocycles. The molecule has 9 aromatic carbocycles. The van der Waals surface area contributed by atoms with Gasteiger partial charge in [0.15, 0.2) is 5.82 Å². The predicted molar refractivity (Wildman–Crippen MR) is 254 cm³/mol. The monoisotopic (exact) mass is 776 g/mol. The van der Waals surface area contributed by atoms with Gasteiger partial charge in [-0.2, -0.15) is 0 Å². The molecular formula is C57H36N4. The van der Waals surface area contributed by atoms with Crippen LogP contribution in [0.4, 0.5) is 0 Å². The molecule has 0 unspecified atom stereocenters. The van der Waals surface area contributed by atoms with E-state index in [4.69, 9.17) is 15.0 Å². The van der Waals surface area contributed by atoms with Crippen molar-refractivity contribution in [3.8, 4) is 61.8 Å². The summed E-state index contributed by atoms with van der Waals surface area (Å²) in [5, 5.41) is 7.01. The molecule has 3 aromatic heterocycles. The molecule has 12 aromatic rings. The van der Waals surface area contributed by atoms with Gasteiger partial charge in [0, 0.05) is 54.7 Å². The van der Waals surface area contributed by atoms with Crippen LogP contribution in [0.5, 0.6) is 0 Å². The minimum atomic E-state index is 0.700. The third kappa shape index (κ3) is 5.88. The van der Waals surface area contributed by atoms with E-state index >= 15 is 0 Å². The zero-order valence-corrected chi connectivity index (χ0v) is 33.1. The standard InChI is InChI=1S/C57H36N4/c1-3-15-37(16-4-1)40-17-13-19-42(35-40)55-46-24-8-11-27-50(46)59-57(60-55)39-31-29-38(30-32-39)41-18-14-20-43(36-41)56-48-33-34-52-54(53(48)45-23-7-10-26-49(45)58-56)47-25-9-12-28-51(47)61(52)44-21-5-2-6-22-44/h1-36H. The van der Waals surface area contributed by atoms with E-state index in [1.54, 1.807) is 0 Å². The van der Waals surface area contributed by atoms with E-state index in [0.717, 1.165) is 77.6 Å². The van der Waals surface area contributed by atoms with E-state index in [-0.39, 0.29) is 0 Å². The number of fused-ring (bicyclic) bond motifs is 8. The normalized spacial score (nSPS) is 11.6. The lowest BCUT2D eigenvalue weighted by molar-refractivity contribution is 1.18. The summed E-state index contributed by atoms with van der Waals surface area (Å²) in [5.41, 5.74) is 15.0. The maximum atomic E-state index is 5.37. The molecule has 0 N–H and O–H groups in total. The molecule has 0 aliphatic rings. The third-order valence-corrected chi connectivity index (χ3v) is 12.0. The minimum Gasteiger partial charge on any atom is -0.309 e. The van der Waals surface area contributed by atoms with E-state index < -0.39 is 0 Å². The highest BCUT2D eigenvalue weighted by molar-refractivity contribution is 6.29. The molecule has 0 bridgehead atoms. The van der Waals surface area contributed by atoms with Crippen LogP contribution in [0.3, 0.4) is 0 Å². The molecule has 284 valence electrons. The zero-order chi connectivity index (χ0) is 40.3. The molecule has 0 saturated heterocycles. The number of hydrogen-bond donors (Lipinski definition) is 0. The molecule has 0 aliphatic carbocycles. The van der Waals surface area contributed by atoms with Crippen molar-refractivity contribution in [1.82, 2.24) is 19.5 Å². The van der Waals surface area contributed by atoms with Crippen molar-refractivity contribution in [1.29, 1.82) is 0 Å². The summed E-state index contributed by atoms with van der Waals surface area (Å²) >= 11 is 0. The Hall–Kier alpha value is -8.21. The molecule has 0 spiro atoms. The van der Waals surface area contributed by atoms with Gasteiger partial charge in [0.25, 0.3) is 0 Å². The summed E-state index contributed by atoms with van der Waals surface area (Å²) in [6.07, 6.45) is 0. The second kappa shape index (κ2) is 14.3. The van der Waals surface area contributed by atoms with Crippen molar-refractivity contribution in [3.63, 3.8) is 0 Å². The molecule has 0 amide bonds. The number of benzene rings is 9. The summed E-state index contributed by atoms with van der Waals surface area (Å²) in [4.78, 5) is 15.7. The van der Waals surface area contributed by atoms with Gasteiger partial charge in [-0.1, -0.05) is 170 Å². The number of pyridine rings is 1. The van der Waals surface area contributed by atoms with E-state index in [1.807, 2.05) is 12.1 Å². The highest BCUT2D eigenvalue weighted by Crippen LogP contribution is 2.43. The molecule has 4 heteroatoms. The van der Waals surface area contributed by atoms with E-state index in [0.29, 0.717) is 5.82 Å². The van der Waals surface area contributed by atoms with Gasteiger partial charge >= 0.3 is 0 Å². The molecule has 0 aliphatic heterocycles. The van der Waals surface area contributed by atoms with Gasteiger partial charge in [0.1, 0.15) is 0 Å². The Labute approximate surface area is 352 Å². The molecule has 12 rings (SSSR count). The van der Waals surface area contributed by atoms with Crippen LogP contribution in [0.25, 0.3) is 116 Å². The van der Waals surface area contributed by atoms with Gasteiger partial charge in [-0.15, -0.1) is 0 Å². The van der Waals surface area contributed by atoms with Crippen LogP contribution in [-0.4, -0.2) is 19.5 Å². The number of hydrogen-bond acceptors (Lipinski definition) is 3. The number of para-hydroxylation sites is 4. The van der Waals surface area contributed by atoms with E-state index in [2.05, 4.69) is 211 Å². The quantitative estimate of drug-likeness (QED) is 0.158. The highest BCUT2D eigenvalue weighted by atomic mass is 15.0. The number of rotatable bonds is 6.